The van der Waals surface area contributed by atoms with Gasteiger partial charge >= 0.3 is 12.7 Å². The van der Waals surface area contributed by atoms with E-state index in [9.17, 15) is 17.6 Å². The van der Waals surface area contributed by atoms with Gasteiger partial charge in [0.25, 0.3) is 0 Å². The molecule has 2 aromatic carbocycles. The molecule has 2 aromatic rings. The van der Waals surface area contributed by atoms with Gasteiger partial charge in [-0.1, -0.05) is 25.8 Å². The molecule has 0 saturated heterocycles. The maximum atomic E-state index is 15.1. The molecule has 40 heavy (non-hydrogen) atoms. The molecule has 0 aliphatic heterocycles. The number of benzene rings is 2. The molecule has 2 aliphatic carbocycles. The predicted octanol–water partition coefficient (Wildman–Crippen LogP) is 9.49. The minimum atomic E-state index is -3.47. The standard InChI is InChI=1S/C31H38F6O3/c1-19-3-7-21(8-4-19)23(18-38-2)15-20-5-10-24(11-6-20)31(36,37)40-25-12-13-26(27(32)17-25)22-9-14-29(28(33)16-22)39-30(34)35/h9,12-14,16-17,19-21,23-24,30H,3-8,10-11,15,18H2,1-2H3. The third-order valence-electron chi connectivity index (χ3n) is 8.72. The van der Waals surface area contributed by atoms with Crippen molar-refractivity contribution in [3.8, 4) is 22.6 Å². The van der Waals surface area contributed by atoms with Gasteiger partial charge in [0.1, 0.15) is 11.6 Å². The zero-order chi connectivity index (χ0) is 28.9. The van der Waals surface area contributed by atoms with Gasteiger partial charge in [-0.3, -0.25) is 0 Å². The van der Waals surface area contributed by atoms with Gasteiger partial charge in [-0.25, -0.2) is 8.78 Å². The lowest BCUT2D eigenvalue weighted by Crippen LogP contribution is -2.37. The summed E-state index contributed by atoms with van der Waals surface area (Å²) in [5.41, 5.74) is -0.0422. The molecule has 1 atom stereocenters. The van der Waals surface area contributed by atoms with Crippen LogP contribution in [0.15, 0.2) is 36.4 Å². The average molecular weight is 573 g/mol. The summed E-state index contributed by atoms with van der Waals surface area (Å²) in [4.78, 5) is 0. The Labute approximate surface area is 232 Å². The minimum absolute atomic E-state index is 0.0442. The molecule has 9 heteroatoms. The summed E-state index contributed by atoms with van der Waals surface area (Å²) in [7, 11) is 1.72. The van der Waals surface area contributed by atoms with E-state index in [4.69, 9.17) is 9.47 Å². The van der Waals surface area contributed by atoms with Gasteiger partial charge in [0, 0.05) is 25.3 Å². The van der Waals surface area contributed by atoms with Crippen molar-refractivity contribution in [2.45, 2.75) is 77.4 Å². The van der Waals surface area contributed by atoms with Gasteiger partial charge in [-0.2, -0.15) is 17.6 Å². The van der Waals surface area contributed by atoms with Crippen molar-refractivity contribution in [2.24, 2.45) is 29.6 Å². The zero-order valence-electron chi connectivity index (χ0n) is 23.0. The fourth-order valence-corrected chi connectivity index (χ4v) is 6.42. The quantitative estimate of drug-likeness (QED) is 0.251. The third kappa shape index (κ3) is 7.86. The van der Waals surface area contributed by atoms with E-state index >= 15 is 8.78 Å². The summed E-state index contributed by atoms with van der Waals surface area (Å²) in [6.45, 7) is -0.201. The third-order valence-corrected chi connectivity index (χ3v) is 8.72. The lowest BCUT2D eigenvalue weighted by Gasteiger charge is -2.37. The lowest BCUT2D eigenvalue weighted by molar-refractivity contribution is -0.223. The van der Waals surface area contributed by atoms with Gasteiger partial charge in [0.05, 0.1) is 5.92 Å². The number of hydrogen-bond donors (Lipinski definition) is 0. The maximum Gasteiger partial charge on any atom is 0.400 e. The lowest BCUT2D eigenvalue weighted by atomic mass is 9.71. The Morgan fingerprint density at radius 2 is 1.57 bits per heavy atom. The van der Waals surface area contributed by atoms with Crippen LogP contribution in [0.25, 0.3) is 11.1 Å². The molecule has 2 saturated carbocycles. The number of ether oxygens (including phenoxy) is 3. The molecular weight excluding hydrogens is 534 g/mol. The fraction of sp³-hybridized carbons (Fsp3) is 0.613. The van der Waals surface area contributed by atoms with Crippen LogP contribution in [-0.2, 0) is 4.74 Å². The van der Waals surface area contributed by atoms with E-state index in [0.717, 1.165) is 30.5 Å². The van der Waals surface area contributed by atoms with Crippen molar-refractivity contribution < 1.29 is 40.6 Å². The summed E-state index contributed by atoms with van der Waals surface area (Å²) in [6.07, 6.45) is 4.45. The molecule has 2 aliphatic rings. The maximum absolute atomic E-state index is 15.1. The first kappa shape index (κ1) is 30.5. The Bertz CT molecular complexity index is 1090. The Morgan fingerprint density at radius 1 is 0.875 bits per heavy atom. The molecule has 1 unspecified atom stereocenters. The van der Waals surface area contributed by atoms with E-state index in [1.807, 2.05) is 0 Å². The van der Waals surface area contributed by atoms with E-state index in [1.54, 1.807) is 7.11 Å². The zero-order valence-corrected chi connectivity index (χ0v) is 23.0. The molecule has 0 heterocycles. The van der Waals surface area contributed by atoms with Crippen LogP contribution in [0.5, 0.6) is 11.5 Å². The highest BCUT2D eigenvalue weighted by Crippen LogP contribution is 2.44. The second-order valence-corrected chi connectivity index (χ2v) is 11.5. The minimum Gasteiger partial charge on any atom is -0.432 e. The van der Waals surface area contributed by atoms with Crippen molar-refractivity contribution in [3.05, 3.63) is 48.0 Å². The van der Waals surface area contributed by atoms with Crippen LogP contribution < -0.4 is 9.47 Å². The molecule has 0 amide bonds. The monoisotopic (exact) mass is 572 g/mol. The molecule has 0 aromatic heterocycles. The van der Waals surface area contributed by atoms with Gasteiger partial charge in [-0.05, 0) is 98.4 Å². The van der Waals surface area contributed by atoms with Crippen LogP contribution in [0.4, 0.5) is 26.3 Å². The van der Waals surface area contributed by atoms with E-state index in [0.29, 0.717) is 50.0 Å². The molecule has 4 rings (SSSR count). The van der Waals surface area contributed by atoms with E-state index in [-0.39, 0.29) is 16.9 Å². The second kappa shape index (κ2) is 13.5. The highest BCUT2D eigenvalue weighted by molar-refractivity contribution is 5.66. The Morgan fingerprint density at radius 3 is 2.17 bits per heavy atom. The van der Waals surface area contributed by atoms with Gasteiger partial charge in [0.2, 0.25) is 0 Å². The molecular formula is C31H38F6O3. The Kier molecular flexibility index (Phi) is 10.3. The fourth-order valence-electron chi connectivity index (χ4n) is 6.42. The summed E-state index contributed by atoms with van der Waals surface area (Å²) in [5, 5.41) is 0. The van der Waals surface area contributed by atoms with Gasteiger partial charge < -0.3 is 14.2 Å². The molecule has 0 spiro atoms. The normalized spacial score (nSPS) is 24.6. The van der Waals surface area contributed by atoms with Gasteiger partial charge in [0.15, 0.2) is 11.6 Å². The smallest absolute Gasteiger partial charge is 0.400 e. The predicted molar refractivity (Wildman–Crippen MR) is 141 cm³/mol. The van der Waals surface area contributed by atoms with Crippen LogP contribution in [0.3, 0.4) is 0 Å². The highest BCUT2D eigenvalue weighted by Gasteiger charge is 2.44. The van der Waals surface area contributed by atoms with E-state index < -0.39 is 36.0 Å². The number of rotatable bonds is 11. The number of alkyl halides is 4. The van der Waals surface area contributed by atoms with Crippen molar-refractivity contribution >= 4 is 0 Å². The largest absolute Gasteiger partial charge is 0.432 e. The van der Waals surface area contributed by atoms with Crippen LogP contribution in [0.2, 0.25) is 0 Å². The number of halogens is 6. The topological polar surface area (TPSA) is 27.7 Å². The summed E-state index contributed by atoms with van der Waals surface area (Å²) in [6, 6.07) is 6.23. The van der Waals surface area contributed by atoms with Crippen molar-refractivity contribution in [3.63, 3.8) is 0 Å². The molecule has 0 radical (unpaired) electrons. The van der Waals surface area contributed by atoms with Crippen molar-refractivity contribution in [1.82, 2.24) is 0 Å². The Hall–Kier alpha value is -2.42. The van der Waals surface area contributed by atoms with Crippen molar-refractivity contribution in [2.75, 3.05) is 13.7 Å². The summed E-state index contributed by atoms with van der Waals surface area (Å²) < 4.78 is 98.3. The van der Waals surface area contributed by atoms with Crippen LogP contribution in [-0.4, -0.2) is 26.4 Å². The van der Waals surface area contributed by atoms with E-state index in [2.05, 4.69) is 11.7 Å². The number of methoxy groups -OCH3 is 1. The molecule has 3 nitrogen and oxygen atoms in total. The molecule has 222 valence electrons. The SMILES string of the molecule is COCC(CC1CCC(C(F)(F)Oc2ccc(-c3ccc(OC(F)F)c(F)c3)c(F)c2)CC1)C1CCC(C)CC1. The average Bonchev–Trinajstić information content (AvgIpc) is 2.90. The Balaban J connectivity index is 1.33. The van der Waals surface area contributed by atoms with Gasteiger partial charge in [-0.15, -0.1) is 0 Å². The second-order valence-electron chi connectivity index (χ2n) is 11.5. The van der Waals surface area contributed by atoms with Crippen LogP contribution in [0, 0.1) is 41.2 Å². The first-order valence-corrected chi connectivity index (χ1v) is 14.2. The molecule has 0 N–H and O–H groups in total. The first-order chi connectivity index (χ1) is 19.1. The van der Waals surface area contributed by atoms with Crippen molar-refractivity contribution in [1.29, 1.82) is 0 Å². The van der Waals surface area contributed by atoms with Crippen LogP contribution >= 0.6 is 0 Å². The van der Waals surface area contributed by atoms with Crippen LogP contribution in [0.1, 0.15) is 64.7 Å². The highest BCUT2D eigenvalue weighted by atomic mass is 19.3. The first-order valence-electron chi connectivity index (χ1n) is 14.2. The van der Waals surface area contributed by atoms with E-state index in [1.165, 1.54) is 43.9 Å². The molecule has 2 fully saturated rings. The number of hydrogen-bond acceptors (Lipinski definition) is 3. The summed E-state index contributed by atoms with van der Waals surface area (Å²) in [5.74, 6) is -1.74. The molecule has 0 bridgehead atoms. The summed E-state index contributed by atoms with van der Waals surface area (Å²) >= 11 is 0.